The van der Waals surface area contributed by atoms with Crippen molar-refractivity contribution in [1.29, 1.82) is 0 Å². The van der Waals surface area contributed by atoms with Gasteiger partial charge in [0.05, 0.1) is 7.11 Å². The molecule has 0 N–H and O–H groups in total. The Labute approximate surface area is 102 Å². The fourth-order valence-corrected chi connectivity index (χ4v) is 2.31. The van der Waals surface area contributed by atoms with E-state index in [0.29, 0.717) is 6.42 Å². The van der Waals surface area contributed by atoms with Crippen LogP contribution in [-0.4, -0.2) is 19.6 Å². The zero-order valence-electron chi connectivity index (χ0n) is 10.5. The lowest BCUT2D eigenvalue weighted by Crippen LogP contribution is -2.35. The van der Waals surface area contributed by atoms with Gasteiger partial charge in [-0.25, -0.2) is 0 Å². The van der Waals surface area contributed by atoms with Crippen molar-refractivity contribution in [3.63, 3.8) is 0 Å². The molecular weight excluding hydrogens is 214 g/mol. The highest BCUT2D eigenvalue weighted by molar-refractivity contribution is 5.94. The molecule has 0 fully saturated rings. The van der Waals surface area contributed by atoms with Gasteiger partial charge in [-0.1, -0.05) is 6.92 Å². The van der Waals surface area contributed by atoms with Crippen LogP contribution in [0.3, 0.4) is 0 Å². The van der Waals surface area contributed by atoms with Crippen LogP contribution in [0.1, 0.15) is 31.7 Å². The number of rotatable bonds is 3. The first-order chi connectivity index (χ1) is 8.26. The summed E-state index contributed by atoms with van der Waals surface area (Å²) in [5, 5.41) is 0. The standard InChI is InChI=1S/C14H19NO2/c1-3-5-14(16)15-9-4-6-11-10-12(17-2)7-8-13(11)15/h7-8,10H,3-6,9H2,1-2H3. The number of ether oxygens (including phenoxy) is 1. The van der Waals surface area contributed by atoms with Gasteiger partial charge in [0.1, 0.15) is 5.75 Å². The van der Waals surface area contributed by atoms with Gasteiger partial charge in [-0.3, -0.25) is 4.79 Å². The molecule has 1 amide bonds. The summed E-state index contributed by atoms with van der Waals surface area (Å²) in [6.45, 7) is 2.88. The molecule has 0 atom stereocenters. The quantitative estimate of drug-likeness (QED) is 0.803. The molecule has 0 spiro atoms. The second kappa shape index (κ2) is 5.21. The van der Waals surface area contributed by atoms with E-state index in [4.69, 9.17) is 4.74 Å². The molecule has 1 aliphatic rings. The number of fused-ring (bicyclic) bond motifs is 1. The Balaban J connectivity index is 2.28. The van der Waals surface area contributed by atoms with Gasteiger partial charge in [-0.05, 0) is 43.0 Å². The molecule has 0 bridgehead atoms. The topological polar surface area (TPSA) is 29.5 Å². The number of anilines is 1. The van der Waals surface area contributed by atoms with E-state index in [9.17, 15) is 4.79 Å². The SMILES string of the molecule is CCCC(=O)N1CCCc2cc(OC)ccc21. The van der Waals surface area contributed by atoms with Crippen LogP contribution in [0.4, 0.5) is 5.69 Å². The molecule has 2 rings (SSSR count). The van der Waals surface area contributed by atoms with Crippen molar-refractivity contribution in [2.75, 3.05) is 18.6 Å². The normalized spacial score (nSPS) is 14.4. The number of nitrogens with zero attached hydrogens (tertiary/aromatic N) is 1. The third kappa shape index (κ3) is 2.43. The van der Waals surface area contributed by atoms with E-state index in [1.54, 1.807) is 7.11 Å². The monoisotopic (exact) mass is 233 g/mol. The predicted molar refractivity (Wildman–Crippen MR) is 68.6 cm³/mol. The van der Waals surface area contributed by atoms with E-state index in [0.717, 1.165) is 37.2 Å². The lowest BCUT2D eigenvalue weighted by molar-refractivity contribution is -0.118. The summed E-state index contributed by atoms with van der Waals surface area (Å²) in [5.41, 5.74) is 2.29. The second-order valence-corrected chi connectivity index (χ2v) is 4.39. The van der Waals surface area contributed by atoms with Crippen molar-refractivity contribution >= 4 is 11.6 Å². The Morgan fingerprint density at radius 2 is 2.29 bits per heavy atom. The van der Waals surface area contributed by atoms with E-state index < -0.39 is 0 Å². The maximum atomic E-state index is 12.0. The molecule has 1 aromatic carbocycles. The van der Waals surface area contributed by atoms with E-state index in [1.165, 1.54) is 5.56 Å². The number of hydrogen-bond donors (Lipinski definition) is 0. The average molecular weight is 233 g/mol. The van der Waals surface area contributed by atoms with Gasteiger partial charge in [-0.2, -0.15) is 0 Å². The summed E-state index contributed by atoms with van der Waals surface area (Å²) in [4.78, 5) is 13.9. The third-order valence-electron chi connectivity index (χ3n) is 3.17. The van der Waals surface area contributed by atoms with Crippen LogP contribution < -0.4 is 9.64 Å². The van der Waals surface area contributed by atoms with E-state index in [2.05, 4.69) is 0 Å². The maximum Gasteiger partial charge on any atom is 0.226 e. The highest BCUT2D eigenvalue weighted by Crippen LogP contribution is 2.30. The van der Waals surface area contributed by atoms with Gasteiger partial charge < -0.3 is 9.64 Å². The molecule has 1 aromatic rings. The summed E-state index contributed by atoms with van der Waals surface area (Å²) >= 11 is 0. The van der Waals surface area contributed by atoms with Gasteiger partial charge in [0, 0.05) is 18.7 Å². The molecule has 1 aliphatic heterocycles. The largest absolute Gasteiger partial charge is 0.497 e. The summed E-state index contributed by atoms with van der Waals surface area (Å²) in [7, 11) is 1.67. The molecule has 3 nitrogen and oxygen atoms in total. The van der Waals surface area contributed by atoms with Crippen LogP contribution in [0.2, 0.25) is 0 Å². The van der Waals surface area contributed by atoms with Gasteiger partial charge in [0.2, 0.25) is 5.91 Å². The summed E-state index contributed by atoms with van der Waals surface area (Å²) in [6.07, 6.45) is 3.60. The molecule has 0 aliphatic carbocycles. The van der Waals surface area contributed by atoms with Gasteiger partial charge in [0.15, 0.2) is 0 Å². The number of benzene rings is 1. The smallest absolute Gasteiger partial charge is 0.226 e. The first-order valence-corrected chi connectivity index (χ1v) is 6.23. The second-order valence-electron chi connectivity index (χ2n) is 4.39. The van der Waals surface area contributed by atoms with Crippen molar-refractivity contribution in [1.82, 2.24) is 0 Å². The van der Waals surface area contributed by atoms with Gasteiger partial charge in [0.25, 0.3) is 0 Å². The first kappa shape index (κ1) is 12.0. The Morgan fingerprint density at radius 1 is 1.47 bits per heavy atom. The van der Waals surface area contributed by atoms with E-state index >= 15 is 0 Å². The molecular formula is C14H19NO2. The summed E-state index contributed by atoms with van der Waals surface area (Å²) < 4.78 is 5.22. The van der Waals surface area contributed by atoms with Crippen LogP contribution in [0.15, 0.2) is 18.2 Å². The number of carbonyl (C=O) groups excluding carboxylic acids is 1. The first-order valence-electron chi connectivity index (χ1n) is 6.23. The Kier molecular flexibility index (Phi) is 3.67. The fourth-order valence-electron chi connectivity index (χ4n) is 2.31. The minimum Gasteiger partial charge on any atom is -0.497 e. The van der Waals surface area contributed by atoms with Gasteiger partial charge in [-0.15, -0.1) is 0 Å². The Hall–Kier alpha value is -1.51. The highest BCUT2D eigenvalue weighted by atomic mass is 16.5. The number of hydrogen-bond acceptors (Lipinski definition) is 2. The number of aryl methyl sites for hydroxylation is 1. The fraction of sp³-hybridized carbons (Fsp3) is 0.500. The minimum atomic E-state index is 0.235. The molecule has 0 radical (unpaired) electrons. The molecule has 1 heterocycles. The molecule has 92 valence electrons. The van der Waals surface area contributed by atoms with Crippen LogP contribution in [0, 0.1) is 0 Å². The molecule has 3 heteroatoms. The summed E-state index contributed by atoms with van der Waals surface area (Å²) in [5.74, 6) is 1.10. The molecule has 0 saturated heterocycles. The van der Waals surface area contributed by atoms with Crippen molar-refractivity contribution in [2.24, 2.45) is 0 Å². The summed E-state index contributed by atoms with van der Waals surface area (Å²) in [6, 6.07) is 5.97. The van der Waals surface area contributed by atoms with Crippen molar-refractivity contribution in [2.45, 2.75) is 32.6 Å². The van der Waals surface area contributed by atoms with E-state index in [-0.39, 0.29) is 5.91 Å². The van der Waals surface area contributed by atoms with E-state index in [1.807, 2.05) is 30.0 Å². The van der Waals surface area contributed by atoms with Crippen LogP contribution in [0.5, 0.6) is 5.75 Å². The lowest BCUT2D eigenvalue weighted by Gasteiger charge is -2.29. The molecule has 0 aromatic heterocycles. The Bertz CT molecular complexity index is 415. The van der Waals surface area contributed by atoms with Crippen molar-refractivity contribution < 1.29 is 9.53 Å². The molecule has 17 heavy (non-hydrogen) atoms. The van der Waals surface area contributed by atoms with Crippen LogP contribution in [-0.2, 0) is 11.2 Å². The number of methoxy groups -OCH3 is 1. The highest BCUT2D eigenvalue weighted by Gasteiger charge is 2.21. The maximum absolute atomic E-state index is 12.0. The zero-order chi connectivity index (χ0) is 12.3. The average Bonchev–Trinajstić information content (AvgIpc) is 2.37. The van der Waals surface area contributed by atoms with Crippen LogP contribution >= 0.6 is 0 Å². The third-order valence-corrected chi connectivity index (χ3v) is 3.17. The minimum absolute atomic E-state index is 0.235. The molecule has 0 saturated carbocycles. The zero-order valence-corrected chi connectivity index (χ0v) is 10.5. The van der Waals surface area contributed by atoms with Crippen LogP contribution in [0.25, 0.3) is 0 Å². The lowest BCUT2D eigenvalue weighted by atomic mass is 10.0. The molecule has 0 unspecified atom stereocenters. The number of carbonyl (C=O) groups is 1. The predicted octanol–water partition coefficient (Wildman–Crippen LogP) is 2.77. The number of amides is 1. The Morgan fingerprint density at radius 3 is 3.00 bits per heavy atom. The van der Waals surface area contributed by atoms with Crippen molar-refractivity contribution in [3.05, 3.63) is 23.8 Å². The van der Waals surface area contributed by atoms with Gasteiger partial charge >= 0.3 is 0 Å². The van der Waals surface area contributed by atoms with Crippen molar-refractivity contribution in [3.8, 4) is 5.75 Å².